The summed E-state index contributed by atoms with van der Waals surface area (Å²) in [6.45, 7) is 11.3. The van der Waals surface area contributed by atoms with Crippen LogP contribution in [0.3, 0.4) is 0 Å². The summed E-state index contributed by atoms with van der Waals surface area (Å²) in [7, 11) is 0. The minimum absolute atomic E-state index is 0.00889. The molecule has 2 atom stereocenters. The molecule has 1 aliphatic rings. The molecule has 0 radical (unpaired) electrons. The summed E-state index contributed by atoms with van der Waals surface area (Å²) in [5.74, 6) is -0.0616. The zero-order valence-electron chi connectivity index (χ0n) is 11.0. The van der Waals surface area contributed by atoms with Crippen LogP contribution in [0.1, 0.15) is 48.0 Å². The summed E-state index contributed by atoms with van der Waals surface area (Å²) >= 11 is 0. The molecule has 1 heterocycles. The van der Waals surface area contributed by atoms with E-state index in [1.807, 2.05) is 27.7 Å². The van der Waals surface area contributed by atoms with Crippen molar-refractivity contribution in [3.63, 3.8) is 0 Å². The smallest absolute Gasteiger partial charge is 0.249 e. The van der Waals surface area contributed by atoms with Gasteiger partial charge in [-0.2, -0.15) is 0 Å². The normalized spacial score (nSPS) is 31.6. The van der Waals surface area contributed by atoms with Crippen LogP contribution in [0.15, 0.2) is 0 Å². The highest BCUT2D eigenvalue weighted by Crippen LogP contribution is 2.27. The lowest BCUT2D eigenvalue weighted by Crippen LogP contribution is -2.71. The van der Waals surface area contributed by atoms with E-state index in [0.717, 1.165) is 0 Å². The highest BCUT2D eigenvalue weighted by Gasteiger charge is 2.48. The number of amides is 2. The highest BCUT2D eigenvalue weighted by molar-refractivity contribution is 5.99. The van der Waals surface area contributed by atoms with Crippen molar-refractivity contribution in [1.29, 1.82) is 0 Å². The van der Waals surface area contributed by atoms with Crippen molar-refractivity contribution in [2.24, 2.45) is 0 Å². The lowest BCUT2D eigenvalue weighted by molar-refractivity contribution is -0.159. The number of hydrogen-bond donors (Lipinski definition) is 1. The third kappa shape index (κ3) is 1.93. The van der Waals surface area contributed by atoms with Crippen molar-refractivity contribution in [2.75, 3.05) is 0 Å². The molecule has 4 nitrogen and oxygen atoms in total. The van der Waals surface area contributed by atoms with Crippen molar-refractivity contribution in [3.05, 3.63) is 0 Å². The van der Waals surface area contributed by atoms with Crippen LogP contribution < -0.4 is 5.32 Å². The van der Waals surface area contributed by atoms with Crippen LogP contribution in [0.2, 0.25) is 0 Å². The maximum atomic E-state index is 12.4. The van der Waals surface area contributed by atoms with E-state index in [-0.39, 0.29) is 17.4 Å². The van der Waals surface area contributed by atoms with E-state index in [4.69, 9.17) is 0 Å². The van der Waals surface area contributed by atoms with Gasteiger partial charge >= 0.3 is 0 Å². The Morgan fingerprint density at radius 3 is 2.25 bits per heavy atom. The van der Waals surface area contributed by atoms with E-state index in [1.165, 1.54) is 0 Å². The molecule has 4 heteroatoms. The zero-order valence-corrected chi connectivity index (χ0v) is 11.0. The molecule has 0 bridgehead atoms. The minimum Gasteiger partial charge on any atom is -0.340 e. The molecule has 2 amide bonds. The maximum Gasteiger partial charge on any atom is 0.249 e. The predicted molar refractivity (Wildman–Crippen MR) is 62.9 cm³/mol. The van der Waals surface area contributed by atoms with Gasteiger partial charge in [-0.1, -0.05) is 6.92 Å². The number of nitrogens with one attached hydrogen (secondary N) is 1. The third-order valence-electron chi connectivity index (χ3n) is 3.29. The van der Waals surface area contributed by atoms with Crippen LogP contribution in [-0.2, 0) is 9.59 Å². The van der Waals surface area contributed by atoms with Gasteiger partial charge < -0.3 is 10.2 Å². The summed E-state index contributed by atoms with van der Waals surface area (Å²) in [5, 5.41) is 2.81. The molecule has 0 aromatic carbocycles. The first-order chi connectivity index (χ1) is 7.13. The van der Waals surface area contributed by atoms with Gasteiger partial charge in [-0.25, -0.2) is 0 Å². The summed E-state index contributed by atoms with van der Waals surface area (Å²) in [4.78, 5) is 25.9. The van der Waals surface area contributed by atoms with E-state index < -0.39 is 11.6 Å². The van der Waals surface area contributed by atoms with Crippen molar-refractivity contribution < 1.29 is 9.59 Å². The van der Waals surface area contributed by atoms with Crippen LogP contribution >= 0.6 is 0 Å². The first-order valence-corrected chi connectivity index (χ1v) is 5.79. The Hall–Kier alpha value is -1.06. The maximum absolute atomic E-state index is 12.4. The SMILES string of the molecule is CCC1(C)NC(=O)C(C)N(C(C)(C)C)C1=O. The van der Waals surface area contributed by atoms with Crippen LogP contribution in [0.5, 0.6) is 0 Å². The Labute approximate surface area is 97.4 Å². The molecule has 92 valence electrons. The van der Waals surface area contributed by atoms with Gasteiger partial charge in [-0.05, 0) is 41.0 Å². The largest absolute Gasteiger partial charge is 0.340 e. The summed E-state index contributed by atoms with van der Waals surface area (Å²) in [6.07, 6.45) is 0.608. The molecule has 1 fully saturated rings. The van der Waals surface area contributed by atoms with Crippen LogP contribution in [0.4, 0.5) is 0 Å². The van der Waals surface area contributed by atoms with Gasteiger partial charge in [0.1, 0.15) is 11.6 Å². The van der Waals surface area contributed by atoms with Gasteiger partial charge in [-0.15, -0.1) is 0 Å². The third-order valence-corrected chi connectivity index (χ3v) is 3.29. The molecule has 2 unspecified atom stereocenters. The molecule has 16 heavy (non-hydrogen) atoms. The predicted octanol–water partition coefficient (Wildman–Crippen LogP) is 1.30. The van der Waals surface area contributed by atoms with E-state index >= 15 is 0 Å². The molecule has 1 aliphatic heterocycles. The first kappa shape index (κ1) is 13.0. The Morgan fingerprint density at radius 2 is 1.88 bits per heavy atom. The Bertz CT molecular complexity index is 319. The average Bonchev–Trinajstić information content (AvgIpc) is 2.13. The molecule has 1 N–H and O–H groups in total. The number of rotatable bonds is 1. The molecule has 0 spiro atoms. The molecule has 1 saturated heterocycles. The molecule has 0 aromatic heterocycles. The molecule has 0 aromatic rings. The van der Waals surface area contributed by atoms with E-state index in [2.05, 4.69) is 5.32 Å². The molecular weight excluding hydrogens is 204 g/mol. The summed E-state index contributed by atoms with van der Waals surface area (Å²) in [6, 6.07) is -0.396. The van der Waals surface area contributed by atoms with Crippen LogP contribution in [0.25, 0.3) is 0 Å². The minimum atomic E-state index is -0.753. The Kier molecular flexibility index (Phi) is 3.05. The van der Waals surface area contributed by atoms with Gasteiger partial charge in [0.05, 0.1) is 0 Å². The number of piperazine rings is 1. The van der Waals surface area contributed by atoms with E-state index in [0.29, 0.717) is 6.42 Å². The lowest BCUT2D eigenvalue weighted by Gasteiger charge is -2.49. The molecule has 1 rings (SSSR count). The number of hydrogen-bond acceptors (Lipinski definition) is 2. The second-order valence-corrected chi connectivity index (χ2v) is 5.70. The second-order valence-electron chi connectivity index (χ2n) is 5.70. The second kappa shape index (κ2) is 3.75. The number of nitrogens with zero attached hydrogens (tertiary/aromatic N) is 1. The first-order valence-electron chi connectivity index (χ1n) is 5.79. The summed E-state index contributed by atoms with van der Waals surface area (Å²) < 4.78 is 0. The van der Waals surface area contributed by atoms with Crippen LogP contribution in [-0.4, -0.2) is 33.8 Å². The fraction of sp³-hybridized carbons (Fsp3) is 0.833. The monoisotopic (exact) mass is 226 g/mol. The van der Waals surface area contributed by atoms with Crippen LogP contribution in [0, 0.1) is 0 Å². The van der Waals surface area contributed by atoms with Gasteiger partial charge in [0.15, 0.2) is 0 Å². The van der Waals surface area contributed by atoms with Crippen molar-refractivity contribution >= 4 is 11.8 Å². The van der Waals surface area contributed by atoms with Gasteiger partial charge in [0.25, 0.3) is 0 Å². The molecular formula is C12H22N2O2. The van der Waals surface area contributed by atoms with Gasteiger partial charge in [-0.3, -0.25) is 9.59 Å². The molecule has 0 saturated carbocycles. The van der Waals surface area contributed by atoms with Gasteiger partial charge in [0, 0.05) is 5.54 Å². The van der Waals surface area contributed by atoms with E-state index in [1.54, 1.807) is 18.7 Å². The Morgan fingerprint density at radius 1 is 1.38 bits per heavy atom. The molecule has 0 aliphatic carbocycles. The van der Waals surface area contributed by atoms with Crippen molar-refractivity contribution in [2.45, 2.75) is 65.1 Å². The summed E-state index contributed by atoms with van der Waals surface area (Å²) in [5.41, 5.74) is -1.08. The van der Waals surface area contributed by atoms with Gasteiger partial charge in [0.2, 0.25) is 11.8 Å². The average molecular weight is 226 g/mol. The lowest BCUT2D eigenvalue weighted by atomic mass is 9.88. The Balaban J connectivity index is 3.15. The quantitative estimate of drug-likeness (QED) is 0.732. The fourth-order valence-corrected chi connectivity index (χ4v) is 2.11. The zero-order chi connectivity index (χ0) is 12.7. The fourth-order valence-electron chi connectivity index (χ4n) is 2.11. The highest BCUT2D eigenvalue weighted by atomic mass is 16.2. The van der Waals surface area contributed by atoms with E-state index in [9.17, 15) is 9.59 Å². The van der Waals surface area contributed by atoms with Crippen molar-refractivity contribution in [1.82, 2.24) is 10.2 Å². The van der Waals surface area contributed by atoms with Crippen molar-refractivity contribution in [3.8, 4) is 0 Å². The topological polar surface area (TPSA) is 49.4 Å². The number of carbonyl (C=O) groups is 2. The number of carbonyl (C=O) groups excluding carboxylic acids is 2. The standard InChI is InChI=1S/C12H22N2O2/c1-7-12(6)10(16)14(11(3,4)5)8(2)9(15)13-12/h8H,7H2,1-6H3,(H,13,15).